The zero-order chi connectivity index (χ0) is 18.9. The van der Waals surface area contributed by atoms with Crippen LogP contribution in [0, 0.1) is 11.3 Å². The van der Waals surface area contributed by atoms with Crippen LogP contribution < -0.4 is 4.74 Å². The van der Waals surface area contributed by atoms with Crippen LogP contribution in [0.2, 0.25) is 0 Å². The Kier molecular flexibility index (Phi) is 5.00. The van der Waals surface area contributed by atoms with E-state index in [0.29, 0.717) is 5.75 Å². The van der Waals surface area contributed by atoms with Gasteiger partial charge in [0.05, 0.1) is 25.6 Å². The Balaban J connectivity index is 1.92. The van der Waals surface area contributed by atoms with Gasteiger partial charge in [-0.25, -0.2) is 0 Å². The zero-order valence-corrected chi connectivity index (χ0v) is 15.8. The largest absolute Gasteiger partial charge is 0.493 e. The molecule has 1 saturated carbocycles. The van der Waals surface area contributed by atoms with Crippen LogP contribution in [0.15, 0.2) is 18.2 Å². The number of aryl methyl sites for hydroxylation is 1. The van der Waals surface area contributed by atoms with E-state index in [2.05, 4.69) is 26.0 Å². The number of hydrogen-bond acceptors (Lipinski definition) is 4. The molecule has 0 unspecified atom stereocenters. The number of esters is 1. The summed E-state index contributed by atoms with van der Waals surface area (Å²) in [5.74, 6) is -0.0305. The van der Waals surface area contributed by atoms with E-state index < -0.39 is 11.4 Å². The van der Waals surface area contributed by atoms with Crippen LogP contribution >= 0.6 is 0 Å². The number of carbonyl (C=O) groups excluding carboxylic acids is 1. The summed E-state index contributed by atoms with van der Waals surface area (Å²) >= 11 is 0. The molecule has 0 radical (unpaired) electrons. The van der Waals surface area contributed by atoms with Gasteiger partial charge >= 0.3 is 11.9 Å². The first-order chi connectivity index (χ1) is 12.3. The van der Waals surface area contributed by atoms with Crippen LogP contribution in [0.1, 0.15) is 57.1 Å². The summed E-state index contributed by atoms with van der Waals surface area (Å²) in [6.45, 7) is 4.48. The van der Waals surface area contributed by atoms with Gasteiger partial charge in [-0.1, -0.05) is 19.4 Å². The molecule has 0 aromatic heterocycles. The summed E-state index contributed by atoms with van der Waals surface area (Å²) in [7, 11) is 1.48. The molecule has 1 aromatic rings. The maximum atomic E-state index is 12.6. The minimum absolute atomic E-state index is 0.0165. The van der Waals surface area contributed by atoms with E-state index in [1.165, 1.54) is 18.2 Å². The predicted molar refractivity (Wildman–Crippen MR) is 97.3 cm³/mol. The Morgan fingerprint density at radius 3 is 2.73 bits per heavy atom. The van der Waals surface area contributed by atoms with Gasteiger partial charge in [0.2, 0.25) is 0 Å². The Morgan fingerprint density at radius 2 is 2.04 bits per heavy atom. The van der Waals surface area contributed by atoms with E-state index in [4.69, 9.17) is 14.6 Å². The number of aliphatic carboxylic acids is 1. The number of carboxylic acid groups (broad SMARTS) is 1. The van der Waals surface area contributed by atoms with Gasteiger partial charge in [0.25, 0.3) is 0 Å². The smallest absolute Gasteiger partial charge is 0.311 e. The molecule has 2 aliphatic carbocycles. The molecule has 5 nitrogen and oxygen atoms in total. The van der Waals surface area contributed by atoms with Crippen molar-refractivity contribution < 1.29 is 24.2 Å². The lowest BCUT2D eigenvalue weighted by molar-refractivity contribution is -0.161. The summed E-state index contributed by atoms with van der Waals surface area (Å²) in [6.07, 6.45) is 4.80. The first-order valence-electron chi connectivity index (χ1n) is 9.37. The highest BCUT2D eigenvalue weighted by Gasteiger charge is 2.55. The lowest BCUT2D eigenvalue weighted by Crippen LogP contribution is -2.52. The average Bonchev–Trinajstić information content (AvgIpc) is 2.61. The fraction of sp³-hybridized carbons (Fsp3) is 0.619. The van der Waals surface area contributed by atoms with Crippen molar-refractivity contribution in [3.8, 4) is 5.75 Å². The van der Waals surface area contributed by atoms with E-state index in [9.17, 15) is 9.59 Å². The van der Waals surface area contributed by atoms with Crippen molar-refractivity contribution >= 4 is 11.9 Å². The predicted octanol–water partition coefficient (Wildman–Crippen LogP) is 3.72. The van der Waals surface area contributed by atoms with Crippen molar-refractivity contribution in [3.63, 3.8) is 0 Å². The van der Waals surface area contributed by atoms with Crippen LogP contribution in [-0.2, 0) is 26.2 Å². The Bertz CT molecular complexity index is 712. The molecule has 0 heterocycles. The quantitative estimate of drug-likeness (QED) is 0.810. The molecule has 3 atom stereocenters. The van der Waals surface area contributed by atoms with Gasteiger partial charge < -0.3 is 14.6 Å². The molecule has 1 N–H and O–H groups in total. The van der Waals surface area contributed by atoms with E-state index in [0.717, 1.165) is 32.1 Å². The van der Waals surface area contributed by atoms with Gasteiger partial charge in [-0.3, -0.25) is 9.59 Å². The Hall–Kier alpha value is -2.04. The van der Waals surface area contributed by atoms with Crippen molar-refractivity contribution in [1.29, 1.82) is 0 Å². The standard InChI is InChI=1S/C21H28O5/c1-20-10-4-11-21(2,19(24)25-3)17(20)8-6-14-5-7-15(13-16(14)20)26-12-9-18(22)23/h5,7,13,17H,4,6,8-12H2,1-3H3,(H,22,23)/t17-,20-,21+/m1/s1. The first kappa shape index (κ1) is 18.7. The number of carboxylic acids is 1. The summed E-state index contributed by atoms with van der Waals surface area (Å²) in [6, 6.07) is 6.08. The molecule has 3 rings (SSSR count). The van der Waals surface area contributed by atoms with E-state index in [-0.39, 0.29) is 30.3 Å². The minimum Gasteiger partial charge on any atom is -0.493 e. The molecule has 0 saturated heterocycles. The summed E-state index contributed by atoms with van der Waals surface area (Å²) in [4.78, 5) is 23.3. The lowest BCUT2D eigenvalue weighted by atomic mass is 9.50. The molecule has 1 aromatic carbocycles. The van der Waals surface area contributed by atoms with Crippen LogP contribution in [0.25, 0.3) is 0 Å². The molecule has 0 aliphatic heterocycles. The molecular weight excluding hydrogens is 332 g/mol. The Labute approximate surface area is 154 Å². The van der Waals surface area contributed by atoms with Crippen molar-refractivity contribution in [1.82, 2.24) is 0 Å². The van der Waals surface area contributed by atoms with Crippen LogP contribution in [0.4, 0.5) is 0 Å². The number of hydrogen-bond donors (Lipinski definition) is 1. The third-order valence-electron chi connectivity index (χ3n) is 6.57. The SMILES string of the molecule is COC(=O)[C@@]1(C)CCC[C@]2(C)c3cc(OCCC(=O)O)ccc3CC[C@@H]12. The van der Waals surface area contributed by atoms with E-state index in [1.807, 2.05) is 6.07 Å². The van der Waals surface area contributed by atoms with Crippen molar-refractivity contribution in [2.45, 2.75) is 57.8 Å². The van der Waals surface area contributed by atoms with Gasteiger partial charge in [0.15, 0.2) is 0 Å². The number of rotatable bonds is 5. The third-order valence-corrected chi connectivity index (χ3v) is 6.57. The summed E-state index contributed by atoms with van der Waals surface area (Å²) in [5, 5.41) is 8.79. The maximum Gasteiger partial charge on any atom is 0.311 e. The molecule has 5 heteroatoms. The normalized spacial score (nSPS) is 30.0. The van der Waals surface area contributed by atoms with Gasteiger partial charge in [0, 0.05) is 0 Å². The van der Waals surface area contributed by atoms with Crippen molar-refractivity contribution in [2.24, 2.45) is 11.3 Å². The second-order valence-electron chi connectivity index (χ2n) is 8.08. The van der Waals surface area contributed by atoms with E-state index >= 15 is 0 Å². The highest BCUT2D eigenvalue weighted by atomic mass is 16.5. The van der Waals surface area contributed by atoms with Crippen molar-refractivity contribution in [2.75, 3.05) is 13.7 Å². The van der Waals surface area contributed by atoms with Crippen molar-refractivity contribution in [3.05, 3.63) is 29.3 Å². The minimum atomic E-state index is -0.865. The number of benzene rings is 1. The molecule has 26 heavy (non-hydrogen) atoms. The fourth-order valence-electron chi connectivity index (χ4n) is 5.26. The van der Waals surface area contributed by atoms with Gasteiger partial charge in [0.1, 0.15) is 5.75 Å². The molecular formula is C21H28O5. The molecule has 1 fully saturated rings. The summed E-state index contributed by atoms with van der Waals surface area (Å²) < 4.78 is 10.8. The molecule has 2 aliphatic rings. The number of fused-ring (bicyclic) bond motifs is 3. The van der Waals surface area contributed by atoms with Crippen LogP contribution in [0.3, 0.4) is 0 Å². The first-order valence-corrected chi connectivity index (χ1v) is 9.37. The van der Waals surface area contributed by atoms with Gasteiger partial charge in [-0.2, -0.15) is 0 Å². The molecule has 0 bridgehead atoms. The van der Waals surface area contributed by atoms with Gasteiger partial charge in [-0.15, -0.1) is 0 Å². The second kappa shape index (κ2) is 6.93. The highest BCUT2D eigenvalue weighted by Crippen LogP contribution is 2.57. The van der Waals surface area contributed by atoms with E-state index in [1.54, 1.807) is 0 Å². The lowest BCUT2D eigenvalue weighted by Gasteiger charge is -2.54. The monoisotopic (exact) mass is 360 g/mol. The van der Waals surface area contributed by atoms with Gasteiger partial charge in [-0.05, 0) is 67.2 Å². The summed E-state index contributed by atoms with van der Waals surface area (Å²) in [5.41, 5.74) is 2.00. The molecule has 0 amide bonds. The Morgan fingerprint density at radius 1 is 1.27 bits per heavy atom. The van der Waals surface area contributed by atoms with Crippen LogP contribution in [0.5, 0.6) is 5.75 Å². The molecule has 142 valence electrons. The van der Waals surface area contributed by atoms with Crippen LogP contribution in [-0.4, -0.2) is 30.8 Å². The fourth-order valence-corrected chi connectivity index (χ4v) is 5.26. The zero-order valence-electron chi connectivity index (χ0n) is 15.8. The number of methoxy groups -OCH3 is 1. The highest BCUT2D eigenvalue weighted by molar-refractivity contribution is 5.77. The number of ether oxygens (including phenoxy) is 2. The second-order valence-corrected chi connectivity index (χ2v) is 8.08. The topological polar surface area (TPSA) is 72.8 Å². The third kappa shape index (κ3) is 3.08. The average molecular weight is 360 g/mol. The molecule has 0 spiro atoms. The number of carbonyl (C=O) groups is 2. The maximum absolute atomic E-state index is 12.6.